The molecule has 0 spiro atoms. The first kappa shape index (κ1) is 28.9. The molecule has 0 amide bonds. The van der Waals surface area contributed by atoms with Gasteiger partial charge in [-0.25, -0.2) is 9.98 Å². The van der Waals surface area contributed by atoms with Gasteiger partial charge in [-0.3, -0.25) is 0 Å². The number of hydrogen-bond acceptors (Lipinski definition) is 4. The van der Waals surface area contributed by atoms with E-state index in [1.54, 1.807) is 0 Å². The van der Waals surface area contributed by atoms with E-state index in [0.717, 1.165) is 55.9 Å². The third-order valence-electron chi connectivity index (χ3n) is 8.76. The van der Waals surface area contributed by atoms with Crippen molar-refractivity contribution < 1.29 is 0 Å². The molecular formula is C44H30N4. The van der Waals surface area contributed by atoms with Crippen LogP contribution in [0.5, 0.6) is 0 Å². The number of rotatable bonds is 6. The molecule has 48 heavy (non-hydrogen) atoms. The fourth-order valence-corrected chi connectivity index (χ4v) is 6.16. The molecule has 0 aliphatic carbocycles. The first-order valence-electron chi connectivity index (χ1n) is 16.0. The van der Waals surface area contributed by atoms with Crippen molar-refractivity contribution in [2.24, 2.45) is 9.98 Å². The fraction of sp³-hybridized carbons (Fsp3) is 0.0227. The van der Waals surface area contributed by atoms with E-state index in [1.165, 1.54) is 10.8 Å². The van der Waals surface area contributed by atoms with Gasteiger partial charge in [0.1, 0.15) is 12.0 Å². The lowest BCUT2D eigenvalue weighted by atomic mass is 9.95. The summed E-state index contributed by atoms with van der Waals surface area (Å²) >= 11 is 0. The molecule has 1 unspecified atom stereocenters. The molecule has 0 bridgehead atoms. The van der Waals surface area contributed by atoms with E-state index in [9.17, 15) is 0 Å². The number of benzene rings is 7. The number of aliphatic imine (C=N–C) groups is 2. The molecule has 1 aliphatic rings. The monoisotopic (exact) mass is 614 g/mol. The summed E-state index contributed by atoms with van der Waals surface area (Å²) in [6, 6.07) is 60.8. The Morgan fingerprint density at radius 3 is 1.65 bits per heavy atom. The van der Waals surface area contributed by atoms with Crippen molar-refractivity contribution in [2.75, 3.05) is 0 Å². The molecule has 4 nitrogen and oxygen atoms in total. The highest BCUT2D eigenvalue weighted by Gasteiger charge is 2.20. The molecule has 1 atom stereocenters. The second kappa shape index (κ2) is 12.7. The van der Waals surface area contributed by atoms with Crippen LogP contribution in [0.15, 0.2) is 180 Å². The lowest BCUT2D eigenvalue weighted by Crippen LogP contribution is -2.33. The number of nitrogens with zero attached hydrogens (tertiary/aromatic N) is 3. The van der Waals surface area contributed by atoms with E-state index in [1.807, 2.05) is 60.7 Å². The van der Waals surface area contributed by atoms with Gasteiger partial charge >= 0.3 is 0 Å². The first-order valence-corrected chi connectivity index (χ1v) is 16.0. The highest BCUT2D eigenvalue weighted by molar-refractivity contribution is 6.13. The van der Waals surface area contributed by atoms with Gasteiger partial charge in [0.25, 0.3) is 0 Å². The van der Waals surface area contributed by atoms with E-state index in [4.69, 9.17) is 15.2 Å². The van der Waals surface area contributed by atoms with E-state index in [2.05, 4.69) is 121 Å². The predicted molar refractivity (Wildman–Crippen MR) is 197 cm³/mol. The maximum absolute atomic E-state index is 9.17. The van der Waals surface area contributed by atoms with E-state index < -0.39 is 0 Å². The molecule has 0 saturated carbocycles. The van der Waals surface area contributed by atoms with Crippen molar-refractivity contribution in [2.45, 2.75) is 6.17 Å². The van der Waals surface area contributed by atoms with Gasteiger partial charge in [-0.15, -0.1) is 0 Å². The lowest BCUT2D eigenvalue weighted by Gasteiger charge is -2.23. The highest BCUT2D eigenvalue weighted by atomic mass is 15.2. The summed E-state index contributed by atoms with van der Waals surface area (Å²) in [5.74, 6) is 1.52. The Morgan fingerprint density at radius 2 is 0.979 bits per heavy atom. The number of amidine groups is 2. The van der Waals surface area contributed by atoms with E-state index in [0.29, 0.717) is 11.4 Å². The standard InChI is InChI=1S/C44H30N4/c45-29-30-14-16-31(17-15-30)37-12-7-13-38(26-37)40-25-21-33-20-24-39(27-41(33)28-40)32-18-22-36(23-19-32)44-47-42(34-8-3-1-4-9-34)46-43(48-44)35-10-5-2-6-11-35/h1-28,42H,(H,46,47,48). The Kier molecular flexibility index (Phi) is 7.62. The van der Waals surface area contributed by atoms with Crippen LogP contribution in [0.4, 0.5) is 0 Å². The molecule has 0 aromatic heterocycles. The number of nitriles is 1. The quantitative estimate of drug-likeness (QED) is 0.203. The number of fused-ring (bicyclic) bond motifs is 1. The summed E-state index contributed by atoms with van der Waals surface area (Å²) in [4.78, 5) is 9.97. The summed E-state index contributed by atoms with van der Waals surface area (Å²) < 4.78 is 0. The van der Waals surface area contributed by atoms with Crippen LogP contribution in [-0.2, 0) is 0 Å². The van der Waals surface area contributed by atoms with Crippen LogP contribution in [0.25, 0.3) is 44.2 Å². The van der Waals surface area contributed by atoms with Crippen molar-refractivity contribution in [3.05, 3.63) is 192 Å². The molecule has 226 valence electrons. The van der Waals surface area contributed by atoms with Crippen LogP contribution < -0.4 is 5.32 Å². The molecule has 7 aromatic rings. The molecular weight excluding hydrogens is 585 g/mol. The molecule has 0 radical (unpaired) electrons. The molecule has 8 rings (SSSR count). The third-order valence-corrected chi connectivity index (χ3v) is 8.76. The second-order valence-corrected chi connectivity index (χ2v) is 11.9. The van der Waals surface area contributed by atoms with Gasteiger partial charge in [-0.1, -0.05) is 140 Å². The Hall–Kier alpha value is -6.57. The molecule has 7 aromatic carbocycles. The molecule has 1 N–H and O–H groups in total. The maximum Gasteiger partial charge on any atom is 0.159 e. The summed E-state index contributed by atoms with van der Waals surface area (Å²) in [6.07, 6.45) is -0.229. The highest BCUT2D eigenvalue weighted by Crippen LogP contribution is 2.32. The topological polar surface area (TPSA) is 60.5 Å². The van der Waals surface area contributed by atoms with Crippen LogP contribution in [-0.4, -0.2) is 11.7 Å². The van der Waals surface area contributed by atoms with Crippen LogP contribution >= 0.6 is 0 Å². The molecule has 0 saturated heterocycles. The van der Waals surface area contributed by atoms with Gasteiger partial charge in [0.2, 0.25) is 0 Å². The van der Waals surface area contributed by atoms with Crippen LogP contribution in [0.3, 0.4) is 0 Å². The minimum atomic E-state index is -0.229. The van der Waals surface area contributed by atoms with Gasteiger partial charge in [-0.05, 0) is 80.0 Å². The van der Waals surface area contributed by atoms with Crippen LogP contribution in [0, 0.1) is 11.3 Å². The van der Waals surface area contributed by atoms with Gasteiger partial charge in [0, 0.05) is 11.1 Å². The summed E-state index contributed by atoms with van der Waals surface area (Å²) in [7, 11) is 0. The minimum Gasteiger partial charge on any atom is -0.344 e. The normalized spacial score (nSPS) is 14.0. The van der Waals surface area contributed by atoms with Gasteiger partial charge in [-0.2, -0.15) is 5.26 Å². The van der Waals surface area contributed by atoms with Gasteiger partial charge in [0.05, 0.1) is 11.6 Å². The Balaban J connectivity index is 1.09. The predicted octanol–water partition coefficient (Wildman–Crippen LogP) is 10.2. The third kappa shape index (κ3) is 5.89. The summed E-state index contributed by atoms with van der Waals surface area (Å²) in [5.41, 5.74) is 10.6. The van der Waals surface area contributed by atoms with Gasteiger partial charge < -0.3 is 5.32 Å². The zero-order chi connectivity index (χ0) is 32.3. The molecule has 1 heterocycles. The van der Waals surface area contributed by atoms with Crippen molar-refractivity contribution >= 4 is 22.4 Å². The zero-order valence-electron chi connectivity index (χ0n) is 26.1. The van der Waals surface area contributed by atoms with Crippen molar-refractivity contribution in [3.63, 3.8) is 0 Å². The minimum absolute atomic E-state index is 0.229. The Bertz CT molecular complexity index is 2350. The SMILES string of the molecule is N#Cc1ccc(-c2cccc(-c3ccc4ccc(-c5ccc(C6=NC(c7ccccc7)NC(c7ccccc7)=N6)cc5)cc4c3)c2)cc1. The van der Waals surface area contributed by atoms with Crippen LogP contribution in [0.2, 0.25) is 0 Å². The van der Waals surface area contributed by atoms with Crippen LogP contribution in [0.1, 0.15) is 28.4 Å². The smallest absolute Gasteiger partial charge is 0.159 e. The number of nitrogens with one attached hydrogen (secondary N) is 1. The molecule has 4 heteroatoms. The zero-order valence-corrected chi connectivity index (χ0v) is 26.1. The van der Waals surface area contributed by atoms with Crippen molar-refractivity contribution in [1.29, 1.82) is 5.26 Å². The summed E-state index contributed by atoms with van der Waals surface area (Å²) in [6.45, 7) is 0. The van der Waals surface area contributed by atoms with E-state index >= 15 is 0 Å². The Morgan fingerprint density at radius 1 is 0.458 bits per heavy atom. The maximum atomic E-state index is 9.17. The largest absolute Gasteiger partial charge is 0.344 e. The Labute approximate surface area is 280 Å². The molecule has 1 aliphatic heterocycles. The number of hydrogen-bond donors (Lipinski definition) is 1. The average Bonchev–Trinajstić information content (AvgIpc) is 3.18. The van der Waals surface area contributed by atoms with Gasteiger partial charge in [0.15, 0.2) is 5.84 Å². The first-order chi connectivity index (χ1) is 23.7. The second-order valence-electron chi connectivity index (χ2n) is 11.9. The van der Waals surface area contributed by atoms with Crippen molar-refractivity contribution in [3.8, 4) is 39.4 Å². The van der Waals surface area contributed by atoms with E-state index in [-0.39, 0.29) is 6.17 Å². The summed E-state index contributed by atoms with van der Waals surface area (Å²) in [5, 5.41) is 15.1. The average molecular weight is 615 g/mol. The molecule has 0 fully saturated rings. The lowest BCUT2D eigenvalue weighted by molar-refractivity contribution is 0.674. The van der Waals surface area contributed by atoms with Crippen molar-refractivity contribution in [1.82, 2.24) is 5.32 Å². The fourth-order valence-electron chi connectivity index (χ4n) is 6.16.